The lowest BCUT2D eigenvalue weighted by Gasteiger charge is -2.25. The number of amides is 1. The molecule has 88 valence electrons. The molecule has 1 aliphatic carbocycles. The van der Waals surface area contributed by atoms with Crippen molar-refractivity contribution in [3.63, 3.8) is 0 Å². The Morgan fingerprint density at radius 2 is 1.94 bits per heavy atom. The van der Waals surface area contributed by atoms with E-state index < -0.39 is 5.54 Å². The van der Waals surface area contributed by atoms with Crippen molar-refractivity contribution in [1.29, 1.82) is 0 Å². The molecular weight excluding hydrogens is 214 g/mol. The van der Waals surface area contributed by atoms with E-state index in [0.717, 1.165) is 18.5 Å². The van der Waals surface area contributed by atoms with E-state index >= 15 is 0 Å². The summed E-state index contributed by atoms with van der Waals surface area (Å²) < 4.78 is 0. The average Bonchev–Trinajstić information content (AvgIpc) is 3.05. The fourth-order valence-corrected chi connectivity index (χ4v) is 2.60. The third-order valence-corrected chi connectivity index (χ3v) is 3.68. The van der Waals surface area contributed by atoms with Crippen molar-refractivity contribution in [1.82, 2.24) is 0 Å². The van der Waals surface area contributed by atoms with Crippen molar-refractivity contribution in [2.45, 2.75) is 32.2 Å². The summed E-state index contributed by atoms with van der Waals surface area (Å²) in [7, 11) is 0. The summed E-state index contributed by atoms with van der Waals surface area (Å²) in [5.74, 6) is 0.106. The zero-order chi connectivity index (χ0) is 12.2. The van der Waals surface area contributed by atoms with Gasteiger partial charge in [-0.3, -0.25) is 14.5 Å². The molecule has 3 rings (SSSR count). The molecule has 1 saturated carbocycles. The fourth-order valence-electron chi connectivity index (χ4n) is 2.60. The number of para-hydroxylation sites is 1. The van der Waals surface area contributed by atoms with Gasteiger partial charge < -0.3 is 0 Å². The topological polar surface area (TPSA) is 37.4 Å². The normalized spacial score (nSPS) is 19.9. The lowest BCUT2D eigenvalue weighted by Crippen LogP contribution is -2.44. The van der Waals surface area contributed by atoms with Gasteiger partial charge in [-0.15, -0.1) is 0 Å². The molecule has 3 nitrogen and oxygen atoms in total. The largest absolute Gasteiger partial charge is 0.298 e. The second-order valence-corrected chi connectivity index (χ2v) is 5.21. The molecule has 1 amide bonds. The Kier molecular flexibility index (Phi) is 1.97. The van der Waals surface area contributed by atoms with Crippen LogP contribution in [0.25, 0.3) is 0 Å². The van der Waals surface area contributed by atoms with Crippen LogP contribution in [-0.4, -0.2) is 17.2 Å². The van der Waals surface area contributed by atoms with Gasteiger partial charge in [0.1, 0.15) is 5.54 Å². The van der Waals surface area contributed by atoms with Gasteiger partial charge in [0.05, 0.1) is 5.69 Å². The van der Waals surface area contributed by atoms with Crippen LogP contribution in [0.5, 0.6) is 0 Å². The van der Waals surface area contributed by atoms with Crippen molar-refractivity contribution < 1.29 is 9.59 Å². The minimum Gasteiger partial charge on any atom is -0.298 e. The number of carbonyl (C=O) groups is 2. The molecule has 0 aromatic heterocycles. The van der Waals surface area contributed by atoms with Crippen molar-refractivity contribution in [2.75, 3.05) is 4.90 Å². The molecular formula is C14H15NO2. The standard InChI is InChI=1S/C14H15NO2/c1-9(2)13(17)15-11-6-4-3-5-10(11)12(16)14(15)7-8-14/h3-6,9H,7-8H2,1-2H3. The Labute approximate surface area is 100 Å². The van der Waals surface area contributed by atoms with E-state index in [2.05, 4.69) is 0 Å². The second-order valence-electron chi connectivity index (χ2n) is 5.21. The molecule has 0 atom stereocenters. The second kappa shape index (κ2) is 3.19. The van der Waals surface area contributed by atoms with Crippen LogP contribution >= 0.6 is 0 Å². The van der Waals surface area contributed by atoms with Crippen molar-refractivity contribution in [3.05, 3.63) is 29.8 Å². The first-order valence-corrected chi connectivity index (χ1v) is 6.06. The highest BCUT2D eigenvalue weighted by molar-refractivity contribution is 6.22. The van der Waals surface area contributed by atoms with Crippen LogP contribution in [0.4, 0.5) is 5.69 Å². The van der Waals surface area contributed by atoms with Gasteiger partial charge in [-0.05, 0) is 25.0 Å². The molecule has 1 heterocycles. The van der Waals surface area contributed by atoms with E-state index in [0.29, 0.717) is 5.56 Å². The van der Waals surface area contributed by atoms with E-state index in [1.807, 2.05) is 38.1 Å². The number of Topliss-reactive ketones (excluding diaryl/α,β-unsaturated/α-hetero) is 1. The summed E-state index contributed by atoms with van der Waals surface area (Å²) in [4.78, 5) is 26.4. The molecule has 0 unspecified atom stereocenters. The van der Waals surface area contributed by atoms with Crippen LogP contribution in [0.3, 0.4) is 0 Å². The minimum absolute atomic E-state index is 0.0563. The van der Waals surface area contributed by atoms with Gasteiger partial charge in [-0.25, -0.2) is 0 Å². The first-order chi connectivity index (χ1) is 8.08. The number of anilines is 1. The van der Waals surface area contributed by atoms with Gasteiger partial charge in [-0.2, -0.15) is 0 Å². The number of benzene rings is 1. The molecule has 0 radical (unpaired) electrons. The van der Waals surface area contributed by atoms with Crippen LogP contribution in [0.15, 0.2) is 24.3 Å². The van der Waals surface area contributed by atoms with E-state index in [-0.39, 0.29) is 17.6 Å². The van der Waals surface area contributed by atoms with Crippen molar-refractivity contribution in [3.8, 4) is 0 Å². The number of hydrogen-bond donors (Lipinski definition) is 0. The summed E-state index contributed by atoms with van der Waals surface area (Å²) >= 11 is 0. The summed E-state index contributed by atoms with van der Waals surface area (Å²) in [6, 6.07) is 7.44. The molecule has 0 N–H and O–H groups in total. The number of fused-ring (bicyclic) bond motifs is 1. The van der Waals surface area contributed by atoms with E-state index in [9.17, 15) is 9.59 Å². The van der Waals surface area contributed by atoms with Gasteiger partial charge in [-0.1, -0.05) is 26.0 Å². The maximum atomic E-state index is 12.3. The van der Waals surface area contributed by atoms with Gasteiger partial charge in [0.2, 0.25) is 5.91 Å². The highest BCUT2D eigenvalue weighted by Gasteiger charge is 2.61. The molecule has 1 aromatic carbocycles. The van der Waals surface area contributed by atoms with Gasteiger partial charge in [0.15, 0.2) is 5.78 Å². The summed E-state index contributed by atoms with van der Waals surface area (Å²) in [6.45, 7) is 3.76. The number of carbonyl (C=O) groups excluding carboxylic acids is 2. The molecule has 2 aliphatic rings. The maximum Gasteiger partial charge on any atom is 0.230 e. The van der Waals surface area contributed by atoms with Gasteiger partial charge in [0, 0.05) is 11.5 Å². The summed E-state index contributed by atoms with van der Waals surface area (Å²) in [6.07, 6.45) is 1.61. The van der Waals surface area contributed by atoms with Crippen molar-refractivity contribution in [2.24, 2.45) is 5.92 Å². The fraction of sp³-hybridized carbons (Fsp3) is 0.429. The van der Waals surface area contributed by atoms with Crippen molar-refractivity contribution >= 4 is 17.4 Å². The Morgan fingerprint density at radius 1 is 1.29 bits per heavy atom. The van der Waals surface area contributed by atoms with Gasteiger partial charge in [0.25, 0.3) is 0 Å². The highest BCUT2D eigenvalue weighted by atomic mass is 16.2. The SMILES string of the molecule is CC(C)C(=O)N1c2ccccc2C(=O)C12CC2. The van der Waals surface area contributed by atoms with Crippen LogP contribution in [0.1, 0.15) is 37.0 Å². The molecule has 17 heavy (non-hydrogen) atoms. The predicted molar refractivity (Wildman–Crippen MR) is 65.1 cm³/mol. The molecule has 1 fully saturated rings. The summed E-state index contributed by atoms with van der Waals surface area (Å²) in [5, 5.41) is 0. The smallest absolute Gasteiger partial charge is 0.230 e. The van der Waals surface area contributed by atoms with Crippen LogP contribution in [-0.2, 0) is 4.79 Å². The third-order valence-electron chi connectivity index (χ3n) is 3.68. The molecule has 3 heteroatoms. The molecule has 0 bridgehead atoms. The number of ketones is 1. The molecule has 1 aliphatic heterocycles. The van der Waals surface area contributed by atoms with E-state index in [1.54, 1.807) is 4.90 Å². The number of rotatable bonds is 1. The average molecular weight is 229 g/mol. The first-order valence-electron chi connectivity index (χ1n) is 6.06. The lowest BCUT2D eigenvalue weighted by atomic mass is 10.1. The van der Waals surface area contributed by atoms with E-state index in [1.165, 1.54) is 0 Å². The zero-order valence-electron chi connectivity index (χ0n) is 10.1. The Balaban J connectivity index is 2.14. The Morgan fingerprint density at radius 3 is 2.53 bits per heavy atom. The lowest BCUT2D eigenvalue weighted by molar-refractivity contribution is -0.121. The zero-order valence-corrected chi connectivity index (χ0v) is 10.1. The van der Waals surface area contributed by atoms with Gasteiger partial charge >= 0.3 is 0 Å². The number of hydrogen-bond acceptors (Lipinski definition) is 2. The Bertz CT molecular complexity index is 515. The van der Waals surface area contributed by atoms with Crippen LogP contribution in [0.2, 0.25) is 0 Å². The molecule has 0 saturated heterocycles. The third kappa shape index (κ3) is 1.22. The monoisotopic (exact) mass is 229 g/mol. The Hall–Kier alpha value is -1.64. The van der Waals surface area contributed by atoms with Crippen LogP contribution in [0, 0.1) is 5.92 Å². The number of nitrogens with zero attached hydrogens (tertiary/aromatic N) is 1. The first kappa shape index (κ1) is 10.5. The maximum absolute atomic E-state index is 12.3. The molecule has 1 aromatic rings. The van der Waals surface area contributed by atoms with Crippen LogP contribution < -0.4 is 4.90 Å². The molecule has 1 spiro atoms. The minimum atomic E-state index is -0.523. The van der Waals surface area contributed by atoms with E-state index in [4.69, 9.17) is 0 Å². The predicted octanol–water partition coefficient (Wildman–Crippen LogP) is 2.40. The summed E-state index contributed by atoms with van der Waals surface area (Å²) in [5.41, 5.74) is 0.984. The quantitative estimate of drug-likeness (QED) is 0.741. The highest BCUT2D eigenvalue weighted by Crippen LogP contribution is 2.53.